The molecule has 0 unspecified atom stereocenters. The molecule has 0 aliphatic heterocycles. The monoisotopic (exact) mass is 328 g/mol. The number of aromatic nitrogens is 2. The van der Waals surface area contributed by atoms with Gasteiger partial charge in [0.2, 0.25) is 0 Å². The van der Waals surface area contributed by atoms with Gasteiger partial charge in [-0.05, 0) is 24.6 Å². The highest BCUT2D eigenvalue weighted by Crippen LogP contribution is 2.26. The molecule has 124 valence electrons. The van der Waals surface area contributed by atoms with E-state index >= 15 is 0 Å². The van der Waals surface area contributed by atoms with Crippen molar-refractivity contribution in [3.05, 3.63) is 58.0 Å². The van der Waals surface area contributed by atoms with Gasteiger partial charge < -0.3 is 9.84 Å². The van der Waals surface area contributed by atoms with Crippen LogP contribution in [0.2, 0.25) is 0 Å². The van der Waals surface area contributed by atoms with Crippen molar-refractivity contribution in [1.82, 2.24) is 9.78 Å². The molecular weight excluding hydrogens is 313 g/mol. The summed E-state index contributed by atoms with van der Waals surface area (Å²) >= 11 is 0. The lowest BCUT2D eigenvalue weighted by atomic mass is 10.2. The summed E-state index contributed by atoms with van der Waals surface area (Å²) in [4.78, 5) is 11.5. The predicted molar refractivity (Wildman–Crippen MR) is 76.2 cm³/mol. The van der Waals surface area contributed by atoms with Gasteiger partial charge in [0.25, 0.3) is 5.56 Å². The number of halogens is 3. The second kappa shape index (κ2) is 6.82. The summed E-state index contributed by atoms with van der Waals surface area (Å²) in [6.45, 7) is 1.25. The Balaban J connectivity index is 2.04. The summed E-state index contributed by atoms with van der Waals surface area (Å²) in [5.41, 5.74) is -1.06. The van der Waals surface area contributed by atoms with Crippen LogP contribution >= 0.6 is 0 Å². The summed E-state index contributed by atoms with van der Waals surface area (Å²) in [5.74, 6) is 0.552. The first kappa shape index (κ1) is 17.0. The Morgan fingerprint density at radius 3 is 2.61 bits per heavy atom. The first-order valence-electron chi connectivity index (χ1n) is 6.79. The molecule has 1 aromatic heterocycles. The molecule has 1 N–H and O–H groups in total. The molecule has 1 atom stereocenters. The molecule has 0 saturated heterocycles. The average molecular weight is 328 g/mol. The number of hydrogen-bond acceptors (Lipinski definition) is 4. The summed E-state index contributed by atoms with van der Waals surface area (Å²) in [6, 6.07) is 8.48. The highest BCUT2D eigenvalue weighted by Gasteiger charge is 2.33. The number of ether oxygens (including phenoxy) is 1. The maximum absolute atomic E-state index is 12.6. The Labute approximate surface area is 129 Å². The number of aliphatic hydroxyl groups is 1. The minimum absolute atomic E-state index is 0.171. The van der Waals surface area contributed by atoms with Gasteiger partial charge in [-0.1, -0.05) is 18.2 Å². The van der Waals surface area contributed by atoms with E-state index in [0.717, 1.165) is 11.6 Å². The Hall–Kier alpha value is -2.35. The van der Waals surface area contributed by atoms with Gasteiger partial charge in [-0.15, -0.1) is 0 Å². The van der Waals surface area contributed by atoms with Crippen LogP contribution in [0.15, 0.2) is 41.2 Å². The molecule has 0 spiro atoms. The Bertz CT molecular complexity index is 728. The van der Waals surface area contributed by atoms with E-state index in [2.05, 4.69) is 5.10 Å². The first-order valence-corrected chi connectivity index (χ1v) is 6.79. The first-order chi connectivity index (χ1) is 10.8. The zero-order valence-electron chi connectivity index (χ0n) is 12.2. The molecule has 0 amide bonds. The number of hydrogen-bond donors (Lipinski definition) is 1. The number of rotatable bonds is 5. The third-order valence-electron chi connectivity index (χ3n) is 3.07. The largest absolute Gasteiger partial charge is 0.491 e. The van der Waals surface area contributed by atoms with Gasteiger partial charge in [0.1, 0.15) is 18.5 Å². The number of benzene rings is 1. The SMILES string of the molecule is Cc1ccccc1OC[C@H](O)Cn1nc(C(F)(F)F)ccc1=O. The van der Waals surface area contributed by atoms with E-state index < -0.39 is 30.1 Å². The van der Waals surface area contributed by atoms with E-state index in [1.807, 2.05) is 19.1 Å². The average Bonchev–Trinajstić information content (AvgIpc) is 2.47. The standard InChI is InChI=1S/C15H15F3N2O3/c1-10-4-2-3-5-12(10)23-9-11(21)8-20-14(22)7-6-13(19-20)15(16,17)18/h2-7,11,21H,8-9H2,1H3/t11-/m1/s1. The van der Waals surface area contributed by atoms with E-state index in [9.17, 15) is 23.1 Å². The van der Waals surface area contributed by atoms with Crippen LogP contribution in [0.1, 0.15) is 11.3 Å². The summed E-state index contributed by atoms with van der Waals surface area (Å²) in [5, 5.41) is 13.1. The Morgan fingerprint density at radius 2 is 1.96 bits per heavy atom. The molecular formula is C15H15F3N2O3. The van der Waals surface area contributed by atoms with E-state index in [4.69, 9.17) is 4.74 Å². The third-order valence-corrected chi connectivity index (χ3v) is 3.07. The lowest BCUT2D eigenvalue weighted by Gasteiger charge is -2.15. The minimum atomic E-state index is -4.65. The van der Waals surface area contributed by atoms with Crippen LogP contribution < -0.4 is 10.3 Å². The molecule has 2 aromatic rings. The van der Waals surface area contributed by atoms with Gasteiger partial charge in [0.15, 0.2) is 5.69 Å². The molecule has 8 heteroatoms. The van der Waals surface area contributed by atoms with E-state index in [1.54, 1.807) is 12.1 Å². The van der Waals surface area contributed by atoms with Crippen LogP contribution in [0, 0.1) is 6.92 Å². The van der Waals surface area contributed by atoms with Crippen molar-refractivity contribution in [2.24, 2.45) is 0 Å². The fourth-order valence-corrected chi connectivity index (χ4v) is 1.89. The lowest BCUT2D eigenvalue weighted by Crippen LogP contribution is -2.33. The van der Waals surface area contributed by atoms with Gasteiger partial charge in [-0.2, -0.15) is 18.3 Å². The van der Waals surface area contributed by atoms with Gasteiger partial charge >= 0.3 is 6.18 Å². The van der Waals surface area contributed by atoms with Gasteiger partial charge in [0, 0.05) is 6.07 Å². The number of para-hydroxylation sites is 1. The smallest absolute Gasteiger partial charge is 0.435 e. The Kier molecular flexibility index (Phi) is 5.05. The summed E-state index contributed by atoms with van der Waals surface area (Å²) < 4.78 is 43.7. The molecule has 0 bridgehead atoms. The quantitative estimate of drug-likeness (QED) is 0.912. The summed E-state index contributed by atoms with van der Waals surface area (Å²) in [7, 11) is 0. The predicted octanol–water partition coefficient (Wildman–Crippen LogP) is 2.01. The topological polar surface area (TPSA) is 64.3 Å². The zero-order chi connectivity index (χ0) is 17.0. The number of alkyl halides is 3. The summed E-state index contributed by atoms with van der Waals surface area (Å²) in [6.07, 6.45) is -5.83. The zero-order valence-corrected chi connectivity index (χ0v) is 12.2. The van der Waals surface area contributed by atoms with Crippen LogP contribution in [0.4, 0.5) is 13.2 Å². The maximum atomic E-state index is 12.6. The maximum Gasteiger partial charge on any atom is 0.435 e. The molecule has 0 aliphatic rings. The van der Waals surface area contributed by atoms with E-state index in [-0.39, 0.29) is 6.61 Å². The van der Waals surface area contributed by atoms with Crippen molar-refractivity contribution in [2.45, 2.75) is 25.7 Å². The van der Waals surface area contributed by atoms with E-state index in [0.29, 0.717) is 16.5 Å². The highest BCUT2D eigenvalue weighted by atomic mass is 19.4. The molecule has 23 heavy (non-hydrogen) atoms. The van der Waals surface area contributed by atoms with Crippen LogP contribution in [-0.2, 0) is 12.7 Å². The molecule has 0 saturated carbocycles. The molecule has 0 fully saturated rings. The molecule has 1 aromatic carbocycles. The number of nitrogens with zero attached hydrogens (tertiary/aromatic N) is 2. The fraction of sp³-hybridized carbons (Fsp3) is 0.333. The molecule has 2 rings (SSSR count). The third kappa shape index (κ3) is 4.56. The van der Waals surface area contributed by atoms with Crippen molar-refractivity contribution in [3.63, 3.8) is 0 Å². The normalized spacial score (nSPS) is 12.9. The molecule has 1 heterocycles. The van der Waals surface area contributed by atoms with Gasteiger partial charge in [-0.25, -0.2) is 4.68 Å². The highest BCUT2D eigenvalue weighted by molar-refractivity contribution is 5.31. The molecule has 0 radical (unpaired) electrons. The van der Waals surface area contributed by atoms with Crippen LogP contribution in [0.3, 0.4) is 0 Å². The molecule has 0 aliphatic carbocycles. The second-order valence-corrected chi connectivity index (χ2v) is 4.97. The van der Waals surface area contributed by atoms with Gasteiger partial charge in [-0.3, -0.25) is 4.79 Å². The number of aryl methyl sites for hydroxylation is 1. The van der Waals surface area contributed by atoms with Crippen LogP contribution in [0.5, 0.6) is 5.75 Å². The minimum Gasteiger partial charge on any atom is -0.491 e. The van der Waals surface area contributed by atoms with Gasteiger partial charge in [0.05, 0.1) is 6.54 Å². The fourth-order valence-electron chi connectivity index (χ4n) is 1.89. The molecule has 5 nitrogen and oxygen atoms in total. The lowest BCUT2D eigenvalue weighted by molar-refractivity contribution is -0.142. The Morgan fingerprint density at radius 1 is 1.26 bits per heavy atom. The van der Waals surface area contributed by atoms with Crippen LogP contribution in [-0.4, -0.2) is 27.6 Å². The van der Waals surface area contributed by atoms with Crippen molar-refractivity contribution < 1.29 is 23.0 Å². The van der Waals surface area contributed by atoms with Crippen molar-refractivity contribution >= 4 is 0 Å². The van der Waals surface area contributed by atoms with Crippen LogP contribution in [0.25, 0.3) is 0 Å². The van der Waals surface area contributed by atoms with Crippen molar-refractivity contribution in [2.75, 3.05) is 6.61 Å². The second-order valence-electron chi connectivity index (χ2n) is 4.97. The van der Waals surface area contributed by atoms with E-state index in [1.165, 1.54) is 0 Å². The van der Waals surface area contributed by atoms with Crippen molar-refractivity contribution in [3.8, 4) is 5.75 Å². The number of aliphatic hydroxyl groups excluding tert-OH is 1. The van der Waals surface area contributed by atoms with Crippen molar-refractivity contribution in [1.29, 1.82) is 0 Å².